The Morgan fingerprint density at radius 1 is 0.405 bits per heavy atom. The highest BCUT2D eigenvalue weighted by Gasteiger charge is 1.97. The van der Waals surface area contributed by atoms with E-state index in [0.717, 1.165) is 6.29 Å². The number of hydrogen-bond donors (Lipinski definition) is 0. The van der Waals surface area contributed by atoms with Gasteiger partial charge in [0.1, 0.15) is 18.6 Å². The summed E-state index contributed by atoms with van der Waals surface area (Å²) in [4.78, 5) is 10.6. The minimum Gasteiger partial charge on any atom is -0.491 e. The molecule has 0 atom stereocenters. The highest BCUT2D eigenvalue weighted by atomic mass is 35.5. The van der Waals surface area contributed by atoms with E-state index >= 15 is 0 Å². The first kappa shape index (κ1) is 38.6. The van der Waals surface area contributed by atoms with Crippen molar-refractivity contribution >= 4 is 17.9 Å². The summed E-state index contributed by atoms with van der Waals surface area (Å²) in [7, 11) is 0. The molecule has 0 heterocycles. The molecule has 0 unspecified atom stereocenters. The summed E-state index contributed by atoms with van der Waals surface area (Å²) >= 11 is 5.50. The number of carbonyl (C=O) groups excluding carboxylic acids is 1. The molecule has 0 saturated carbocycles. The predicted octanol–water partition coefficient (Wildman–Crippen LogP) is 2.28. The van der Waals surface area contributed by atoms with Gasteiger partial charge in [0.05, 0.1) is 132 Å². The van der Waals surface area contributed by atoms with E-state index in [4.69, 9.17) is 63.7 Å². The molecule has 0 aliphatic rings. The first-order chi connectivity index (χ1) is 20.9. The second-order valence-electron chi connectivity index (χ2n) is 8.35. The standard InChI is InChI=1S/C29H49ClO12/c30-5-6-32-7-8-33-9-10-34-11-12-35-13-14-36-15-16-37-17-18-38-19-20-39-21-22-40-23-24-41-25-26-42-29-3-1-28(27-31)2-4-29/h1-4,27H,5-26H2. The maximum absolute atomic E-state index is 10.6. The van der Waals surface area contributed by atoms with Crippen LogP contribution in [0.4, 0.5) is 0 Å². The van der Waals surface area contributed by atoms with Gasteiger partial charge < -0.3 is 52.1 Å². The summed E-state index contributed by atoms with van der Waals surface area (Å²) < 4.78 is 59.7. The maximum atomic E-state index is 10.6. The Kier molecular flexibility index (Phi) is 29.9. The first-order valence-corrected chi connectivity index (χ1v) is 14.9. The lowest BCUT2D eigenvalue weighted by molar-refractivity contribution is -0.0265. The number of alkyl halides is 1. The molecule has 0 aromatic heterocycles. The van der Waals surface area contributed by atoms with Crippen LogP contribution in [-0.2, 0) is 47.4 Å². The van der Waals surface area contributed by atoms with E-state index < -0.39 is 0 Å². The van der Waals surface area contributed by atoms with Crippen LogP contribution >= 0.6 is 11.6 Å². The zero-order valence-corrected chi connectivity index (χ0v) is 25.5. The average molecular weight is 625 g/mol. The summed E-state index contributed by atoms with van der Waals surface area (Å²) in [5.41, 5.74) is 0.618. The number of hydrogen-bond acceptors (Lipinski definition) is 12. The second-order valence-corrected chi connectivity index (χ2v) is 8.73. The molecule has 0 amide bonds. The van der Waals surface area contributed by atoms with Crippen molar-refractivity contribution in [3.05, 3.63) is 29.8 Å². The van der Waals surface area contributed by atoms with Crippen LogP contribution in [-0.4, -0.2) is 151 Å². The number of benzene rings is 1. The number of aldehydes is 1. The molecule has 1 aromatic rings. The van der Waals surface area contributed by atoms with Crippen molar-refractivity contribution in [1.82, 2.24) is 0 Å². The van der Waals surface area contributed by atoms with Crippen molar-refractivity contribution in [3.8, 4) is 5.75 Å². The molecule has 1 aromatic carbocycles. The van der Waals surface area contributed by atoms with Gasteiger partial charge in [0.25, 0.3) is 0 Å². The van der Waals surface area contributed by atoms with Gasteiger partial charge in [-0.05, 0) is 24.3 Å². The van der Waals surface area contributed by atoms with E-state index in [0.29, 0.717) is 156 Å². The van der Waals surface area contributed by atoms with Crippen LogP contribution in [0, 0.1) is 0 Å². The minimum absolute atomic E-state index is 0.431. The molecule has 12 nitrogen and oxygen atoms in total. The van der Waals surface area contributed by atoms with Crippen LogP contribution in [0.25, 0.3) is 0 Å². The number of halogens is 1. The fourth-order valence-electron chi connectivity index (χ4n) is 3.00. The molecule has 1 rings (SSSR count). The summed E-state index contributed by atoms with van der Waals surface area (Å²) in [6.07, 6.45) is 0.797. The normalized spacial score (nSPS) is 11.3. The highest BCUT2D eigenvalue weighted by Crippen LogP contribution is 2.10. The largest absolute Gasteiger partial charge is 0.491 e. The monoisotopic (exact) mass is 624 g/mol. The number of ether oxygens (including phenoxy) is 11. The number of rotatable bonds is 34. The molecular weight excluding hydrogens is 576 g/mol. The van der Waals surface area contributed by atoms with Crippen molar-refractivity contribution in [2.75, 3.05) is 145 Å². The van der Waals surface area contributed by atoms with Crippen LogP contribution in [0.2, 0.25) is 0 Å². The van der Waals surface area contributed by atoms with Crippen molar-refractivity contribution in [1.29, 1.82) is 0 Å². The van der Waals surface area contributed by atoms with Gasteiger partial charge in [-0.2, -0.15) is 0 Å². The Bertz CT molecular complexity index is 683. The molecule has 0 N–H and O–H groups in total. The van der Waals surface area contributed by atoms with Gasteiger partial charge in [-0.1, -0.05) is 0 Å². The zero-order valence-electron chi connectivity index (χ0n) is 24.7. The van der Waals surface area contributed by atoms with Crippen LogP contribution < -0.4 is 4.74 Å². The Balaban J connectivity index is 1.64. The van der Waals surface area contributed by atoms with E-state index in [1.165, 1.54) is 0 Å². The van der Waals surface area contributed by atoms with Gasteiger partial charge in [-0.25, -0.2) is 0 Å². The van der Waals surface area contributed by atoms with Gasteiger partial charge in [0, 0.05) is 11.4 Å². The molecule has 244 valence electrons. The summed E-state index contributed by atoms with van der Waals surface area (Å²) in [5.74, 6) is 1.20. The lowest BCUT2D eigenvalue weighted by atomic mass is 10.2. The fourth-order valence-corrected chi connectivity index (χ4v) is 3.11. The molecule has 0 bridgehead atoms. The minimum atomic E-state index is 0.431. The smallest absolute Gasteiger partial charge is 0.150 e. The molecule has 0 saturated heterocycles. The van der Waals surface area contributed by atoms with Crippen molar-refractivity contribution in [2.45, 2.75) is 0 Å². The fraction of sp³-hybridized carbons (Fsp3) is 0.759. The van der Waals surface area contributed by atoms with Crippen molar-refractivity contribution < 1.29 is 56.9 Å². The molecule has 0 aliphatic heterocycles. The van der Waals surface area contributed by atoms with Crippen LogP contribution in [0.15, 0.2) is 24.3 Å². The summed E-state index contributed by atoms with van der Waals surface area (Å²) in [6.45, 7) is 10.6. The van der Waals surface area contributed by atoms with Crippen molar-refractivity contribution in [3.63, 3.8) is 0 Å². The molecule has 0 fully saturated rings. The first-order valence-electron chi connectivity index (χ1n) is 14.4. The Labute approximate surface area is 255 Å². The van der Waals surface area contributed by atoms with Crippen molar-refractivity contribution in [2.24, 2.45) is 0 Å². The van der Waals surface area contributed by atoms with Gasteiger partial charge in [-0.3, -0.25) is 4.79 Å². The third kappa shape index (κ3) is 27.4. The lowest BCUT2D eigenvalue weighted by Crippen LogP contribution is -2.15. The zero-order chi connectivity index (χ0) is 30.0. The molecule has 13 heteroatoms. The van der Waals surface area contributed by atoms with E-state index in [9.17, 15) is 4.79 Å². The second kappa shape index (κ2) is 32.5. The van der Waals surface area contributed by atoms with E-state index in [1.807, 2.05) is 0 Å². The highest BCUT2D eigenvalue weighted by molar-refractivity contribution is 6.17. The number of carbonyl (C=O) groups is 1. The topological polar surface area (TPSA) is 119 Å². The predicted molar refractivity (Wildman–Crippen MR) is 156 cm³/mol. The summed E-state index contributed by atoms with van der Waals surface area (Å²) in [5, 5.41) is 0. The molecule has 0 aliphatic carbocycles. The van der Waals surface area contributed by atoms with Gasteiger partial charge in [0.2, 0.25) is 0 Å². The molecular formula is C29H49ClO12. The quantitative estimate of drug-likeness (QED) is 0.0636. The maximum Gasteiger partial charge on any atom is 0.150 e. The third-order valence-electron chi connectivity index (χ3n) is 5.08. The average Bonchev–Trinajstić information content (AvgIpc) is 3.02. The third-order valence-corrected chi connectivity index (χ3v) is 5.24. The van der Waals surface area contributed by atoms with Gasteiger partial charge in [0.15, 0.2) is 0 Å². The Morgan fingerprint density at radius 2 is 0.667 bits per heavy atom. The van der Waals surface area contributed by atoms with Crippen LogP contribution in [0.3, 0.4) is 0 Å². The molecule has 0 radical (unpaired) electrons. The Morgan fingerprint density at radius 3 is 0.929 bits per heavy atom. The molecule has 0 spiro atoms. The summed E-state index contributed by atoms with van der Waals surface area (Å²) in [6, 6.07) is 6.93. The SMILES string of the molecule is O=Cc1ccc(OCCOCCOCCOCCOCCOCCOCCOCCOCCOCCOCCCl)cc1. The van der Waals surface area contributed by atoms with E-state index in [-0.39, 0.29) is 0 Å². The van der Waals surface area contributed by atoms with Gasteiger partial charge in [-0.15, -0.1) is 11.6 Å². The van der Waals surface area contributed by atoms with Crippen LogP contribution in [0.1, 0.15) is 10.4 Å². The Hall–Kier alpha value is -1.42. The molecule has 42 heavy (non-hydrogen) atoms. The lowest BCUT2D eigenvalue weighted by Gasteiger charge is -2.09. The van der Waals surface area contributed by atoms with E-state index in [1.54, 1.807) is 24.3 Å². The van der Waals surface area contributed by atoms with Crippen LogP contribution in [0.5, 0.6) is 5.75 Å². The van der Waals surface area contributed by atoms with Gasteiger partial charge >= 0.3 is 0 Å². The van der Waals surface area contributed by atoms with E-state index in [2.05, 4.69) is 0 Å².